The molecule has 0 unspecified atom stereocenters. The summed E-state index contributed by atoms with van der Waals surface area (Å²) in [5.41, 5.74) is 4.63. The lowest BCUT2D eigenvalue weighted by atomic mass is 10.1. The van der Waals surface area contributed by atoms with Gasteiger partial charge in [-0.2, -0.15) is 5.10 Å². The van der Waals surface area contributed by atoms with Crippen molar-refractivity contribution in [1.29, 1.82) is 0 Å². The van der Waals surface area contributed by atoms with E-state index in [2.05, 4.69) is 45.6 Å². The lowest BCUT2D eigenvalue weighted by Crippen LogP contribution is -2.23. The Morgan fingerprint density at radius 3 is 2.85 bits per heavy atom. The molecular weight excluding hydrogens is 336 g/mol. The fourth-order valence-corrected chi connectivity index (χ4v) is 3.82. The lowest BCUT2D eigenvalue weighted by molar-refractivity contribution is 0.244. The van der Waals surface area contributed by atoms with Gasteiger partial charge in [0, 0.05) is 31.5 Å². The van der Waals surface area contributed by atoms with Crippen LogP contribution < -0.4 is 5.32 Å². The monoisotopic (exact) mass is 362 g/mol. The molecular formula is C21H26N6. The first-order chi connectivity index (χ1) is 13.1. The molecule has 0 aromatic carbocycles. The second-order valence-corrected chi connectivity index (χ2v) is 7.28. The number of nitrogens with one attached hydrogen (secondary N) is 1. The fourth-order valence-electron chi connectivity index (χ4n) is 3.82. The molecule has 0 spiro atoms. The van der Waals surface area contributed by atoms with E-state index in [1.165, 1.54) is 12.0 Å². The molecule has 4 rings (SSSR count). The van der Waals surface area contributed by atoms with Crippen LogP contribution in [0.15, 0.2) is 42.7 Å². The van der Waals surface area contributed by atoms with E-state index in [1.54, 1.807) is 6.20 Å². The maximum absolute atomic E-state index is 4.90. The van der Waals surface area contributed by atoms with Gasteiger partial charge in [0.1, 0.15) is 11.6 Å². The number of pyridine rings is 2. The van der Waals surface area contributed by atoms with Gasteiger partial charge in [0.2, 0.25) is 0 Å². The molecule has 0 radical (unpaired) electrons. The summed E-state index contributed by atoms with van der Waals surface area (Å²) >= 11 is 0. The molecule has 27 heavy (non-hydrogen) atoms. The van der Waals surface area contributed by atoms with Crippen LogP contribution in [-0.2, 0) is 13.6 Å². The van der Waals surface area contributed by atoms with Gasteiger partial charge in [-0.15, -0.1) is 0 Å². The third-order valence-electron chi connectivity index (χ3n) is 5.22. The first-order valence-electron chi connectivity index (χ1n) is 9.49. The van der Waals surface area contributed by atoms with Crippen LogP contribution in [0.25, 0.3) is 0 Å². The first-order valence-corrected chi connectivity index (χ1v) is 9.49. The second-order valence-electron chi connectivity index (χ2n) is 7.28. The molecule has 6 heteroatoms. The zero-order chi connectivity index (χ0) is 18.8. The molecule has 0 aliphatic carbocycles. The number of nitrogens with zero attached hydrogens (tertiary/aromatic N) is 5. The van der Waals surface area contributed by atoms with Crippen molar-refractivity contribution >= 4 is 11.6 Å². The number of rotatable bonds is 5. The van der Waals surface area contributed by atoms with E-state index in [0.29, 0.717) is 6.04 Å². The molecule has 1 aliphatic rings. The number of anilines is 2. The van der Waals surface area contributed by atoms with Crippen molar-refractivity contribution in [2.24, 2.45) is 7.05 Å². The smallest absolute Gasteiger partial charge is 0.134 e. The summed E-state index contributed by atoms with van der Waals surface area (Å²) in [6, 6.07) is 10.6. The van der Waals surface area contributed by atoms with Crippen LogP contribution in [0, 0.1) is 13.8 Å². The SMILES string of the molecule is Cc1cccnc1Nc1cccc([C@H]2CCCN2Cc2cn(C)nc2C)n1. The highest BCUT2D eigenvalue weighted by atomic mass is 15.3. The molecule has 1 atom stereocenters. The zero-order valence-electron chi connectivity index (χ0n) is 16.2. The molecule has 0 saturated carbocycles. The normalized spacial score (nSPS) is 17.4. The van der Waals surface area contributed by atoms with E-state index >= 15 is 0 Å². The Bertz CT molecular complexity index is 932. The predicted molar refractivity (Wildman–Crippen MR) is 107 cm³/mol. The summed E-state index contributed by atoms with van der Waals surface area (Å²) in [5, 5.41) is 7.84. The molecule has 1 saturated heterocycles. The Kier molecular flexibility index (Phi) is 4.90. The summed E-state index contributed by atoms with van der Waals surface area (Å²) in [5.74, 6) is 1.70. The number of hydrogen-bond acceptors (Lipinski definition) is 5. The number of aryl methyl sites for hydroxylation is 3. The summed E-state index contributed by atoms with van der Waals surface area (Å²) < 4.78 is 1.90. The van der Waals surface area contributed by atoms with E-state index < -0.39 is 0 Å². The third-order valence-corrected chi connectivity index (χ3v) is 5.22. The van der Waals surface area contributed by atoms with Crippen LogP contribution >= 0.6 is 0 Å². The predicted octanol–water partition coefficient (Wildman–Crippen LogP) is 3.91. The van der Waals surface area contributed by atoms with Gasteiger partial charge in [-0.25, -0.2) is 9.97 Å². The minimum atomic E-state index is 0.344. The van der Waals surface area contributed by atoms with Crippen molar-refractivity contribution in [3.63, 3.8) is 0 Å². The van der Waals surface area contributed by atoms with Crippen molar-refractivity contribution < 1.29 is 0 Å². The van der Waals surface area contributed by atoms with E-state index in [4.69, 9.17) is 4.98 Å². The van der Waals surface area contributed by atoms with Gasteiger partial charge < -0.3 is 5.32 Å². The van der Waals surface area contributed by atoms with Crippen LogP contribution in [-0.4, -0.2) is 31.2 Å². The van der Waals surface area contributed by atoms with Crippen LogP contribution in [0.3, 0.4) is 0 Å². The summed E-state index contributed by atoms with van der Waals surface area (Å²) in [7, 11) is 1.98. The number of hydrogen-bond donors (Lipinski definition) is 1. The highest BCUT2D eigenvalue weighted by Gasteiger charge is 2.28. The molecule has 0 bridgehead atoms. The molecule has 3 aromatic heterocycles. The summed E-state index contributed by atoms with van der Waals surface area (Å²) in [6.45, 7) is 6.15. The van der Waals surface area contributed by atoms with Crippen molar-refractivity contribution in [2.75, 3.05) is 11.9 Å². The lowest BCUT2D eigenvalue weighted by Gasteiger charge is -2.24. The quantitative estimate of drug-likeness (QED) is 0.746. The van der Waals surface area contributed by atoms with Crippen molar-refractivity contribution in [2.45, 2.75) is 39.3 Å². The van der Waals surface area contributed by atoms with E-state index in [0.717, 1.165) is 48.1 Å². The summed E-state index contributed by atoms with van der Waals surface area (Å²) in [4.78, 5) is 11.8. The van der Waals surface area contributed by atoms with E-state index in [1.807, 2.05) is 36.9 Å². The molecule has 140 valence electrons. The minimum absolute atomic E-state index is 0.344. The molecule has 1 aliphatic heterocycles. The molecule has 1 fully saturated rings. The maximum atomic E-state index is 4.90. The van der Waals surface area contributed by atoms with E-state index in [9.17, 15) is 0 Å². The molecule has 0 amide bonds. The van der Waals surface area contributed by atoms with Crippen molar-refractivity contribution in [1.82, 2.24) is 24.6 Å². The third kappa shape index (κ3) is 3.85. The van der Waals surface area contributed by atoms with Crippen molar-refractivity contribution in [3.8, 4) is 0 Å². The number of likely N-dealkylation sites (tertiary alicyclic amines) is 1. The largest absolute Gasteiger partial charge is 0.325 e. The van der Waals surface area contributed by atoms with Gasteiger partial charge in [-0.1, -0.05) is 12.1 Å². The zero-order valence-corrected chi connectivity index (χ0v) is 16.2. The highest BCUT2D eigenvalue weighted by molar-refractivity contribution is 5.55. The van der Waals surface area contributed by atoms with Crippen LogP contribution in [0.5, 0.6) is 0 Å². The van der Waals surface area contributed by atoms with Crippen LogP contribution in [0.1, 0.15) is 41.4 Å². The Labute approximate surface area is 160 Å². The Morgan fingerprint density at radius 2 is 2.07 bits per heavy atom. The second kappa shape index (κ2) is 7.48. The molecule has 3 aromatic rings. The molecule has 1 N–H and O–H groups in total. The Balaban J connectivity index is 1.53. The maximum Gasteiger partial charge on any atom is 0.134 e. The first kappa shape index (κ1) is 17.7. The highest BCUT2D eigenvalue weighted by Crippen LogP contribution is 2.33. The fraction of sp³-hybridized carbons (Fsp3) is 0.381. The Hall–Kier alpha value is -2.73. The van der Waals surface area contributed by atoms with E-state index in [-0.39, 0.29) is 0 Å². The van der Waals surface area contributed by atoms with Crippen LogP contribution in [0.2, 0.25) is 0 Å². The average molecular weight is 362 g/mol. The topological polar surface area (TPSA) is 58.9 Å². The summed E-state index contributed by atoms with van der Waals surface area (Å²) in [6.07, 6.45) is 6.26. The van der Waals surface area contributed by atoms with Gasteiger partial charge >= 0.3 is 0 Å². The van der Waals surface area contributed by atoms with Gasteiger partial charge in [0.05, 0.1) is 17.4 Å². The van der Waals surface area contributed by atoms with Gasteiger partial charge in [0.15, 0.2) is 0 Å². The van der Waals surface area contributed by atoms with Gasteiger partial charge in [-0.05, 0) is 57.0 Å². The standard InChI is InChI=1S/C21H26N6/c1-15-7-5-11-22-21(15)24-20-10-4-8-18(23-20)19-9-6-12-27(19)14-17-13-26(3)25-16(17)2/h4-5,7-8,10-11,13,19H,6,9,12,14H2,1-3H3,(H,22,23,24)/t19-/m1/s1. The Morgan fingerprint density at radius 1 is 1.19 bits per heavy atom. The van der Waals surface area contributed by atoms with Gasteiger partial charge in [-0.3, -0.25) is 9.58 Å². The average Bonchev–Trinajstić information content (AvgIpc) is 3.24. The molecule has 6 nitrogen and oxygen atoms in total. The van der Waals surface area contributed by atoms with Gasteiger partial charge in [0.25, 0.3) is 0 Å². The van der Waals surface area contributed by atoms with Crippen LogP contribution in [0.4, 0.5) is 11.6 Å². The minimum Gasteiger partial charge on any atom is -0.325 e. The van der Waals surface area contributed by atoms with Crippen molar-refractivity contribution in [3.05, 3.63) is 65.2 Å². The number of aromatic nitrogens is 4. The molecule has 4 heterocycles.